The number of ether oxygens (including phenoxy) is 2. The largest absolute Gasteiger partial charge is 0.493 e. The number of carbonyl (C=O) groups is 1. The molecule has 1 heterocycles. The summed E-state index contributed by atoms with van der Waals surface area (Å²) in [5.74, 6) is 0.249. The lowest BCUT2D eigenvalue weighted by Crippen LogP contribution is -2.21. The summed E-state index contributed by atoms with van der Waals surface area (Å²) in [5, 5.41) is 2.69. The molecule has 4 aromatic rings. The zero-order valence-electron chi connectivity index (χ0n) is 18.4. The van der Waals surface area contributed by atoms with Gasteiger partial charge in [-0.2, -0.15) is 13.2 Å². The number of anilines is 1. The minimum Gasteiger partial charge on any atom is -0.493 e. The van der Waals surface area contributed by atoms with Gasteiger partial charge in [0.2, 0.25) is 0 Å². The number of H-pyrrole nitrogens is 1. The summed E-state index contributed by atoms with van der Waals surface area (Å²) in [6, 6.07) is 13.5. The second-order valence-corrected chi connectivity index (χ2v) is 7.79. The van der Waals surface area contributed by atoms with Crippen molar-refractivity contribution in [2.24, 2.45) is 0 Å². The van der Waals surface area contributed by atoms with E-state index in [0.717, 1.165) is 12.1 Å². The molecule has 3 aromatic carbocycles. The standard InChI is InChI=1S/C24H18F3N3O4S/c1-33-19-9-7-16(12-20(19)34-2)30-22(32)17-8-6-13(10-18(17)29-23(30)35)21(31)28-15-5-3-4-14(11-15)24(25,26)27/h3-12H,1-2H3,(H,28,31)(H,29,35). The maximum atomic E-state index is 13.2. The van der Waals surface area contributed by atoms with Crippen LogP contribution in [0.15, 0.2) is 65.5 Å². The van der Waals surface area contributed by atoms with E-state index in [-0.39, 0.29) is 21.4 Å². The van der Waals surface area contributed by atoms with Gasteiger partial charge in [0.15, 0.2) is 16.3 Å². The molecule has 0 aliphatic rings. The van der Waals surface area contributed by atoms with Crippen molar-refractivity contribution in [3.8, 4) is 17.2 Å². The van der Waals surface area contributed by atoms with Crippen molar-refractivity contribution < 1.29 is 27.4 Å². The van der Waals surface area contributed by atoms with E-state index in [1.54, 1.807) is 18.2 Å². The SMILES string of the molecule is COc1ccc(-n2c(=S)[nH]c3cc(C(=O)Nc4cccc(C(F)(F)F)c4)ccc3c2=O)cc1OC. The van der Waals surface area contributed by atoms with Crippen LogP contribution in [0.1, 0.15) is 15.9 Å². The van der Waals surface area contributed by atoms with Crippen molar-refractivity contribution in [3.63, 3.8) is 0 Å². The van der Waals surface area contributed by atoms with Crippen LogP contribution in [0.5, 0.6) is 11.5 Å². The Morgan fingerprint density at radius 1 is 1.00 bits per heavy atom. The molecule has 0 radical (unpaired) electrons. The Balaban J connectivity index is 1.70. The number of methoxy groups -OCH3 is 2. The molecular weight excluding hydrogens is 483 g/mol. The normalized spacial score (nSPS) is 11.3. The number of aromatic nitrogens is 2. The molecule has 0 unspecified atom stereocenters. The molecule has 0 atom stereocenters. The first-order valence-corrected chi connectivity index (χ1v) is 10.5. The van der Waals surface area contributed by atoms with Crippen molar-refractivity contribution in [3.05, 3.63) is 86.9 Å². The molecule has 1 aromatic heterocycles. The number of nitrogens with one attached hydrogen (secondary N) is 2. The number of fused-ring (bicyclic) bond motifs is 1. The molecular formula is C24H18F3N3O4S. The third-order valence-corrected chi connectivity index (χ3v) is 5.52. The van der Waals surface area contributed by atoms with Gasteiger partial charge in [0.25, 0.3) is 11.5 Å². The van der Waals surface area contributed by atoms with Crippen LogP contribution >= 0.6 is 12.2 Å². The number of nitrogens with zero attached hydrogens (tertiary/aromatic N) is 1. The zero-order valence-corrected chi connectivity index (χ0v) is 19.2. The van der Waals surface area contributed by atoms with Crippen molar-refractivity contribution in [2.45, 2.75) is 6.18 Å². The van der Waals surface area contributed by atoms with Crippen molar-refractivity contribution in [1.29, 1.82) is 0 Å². The van der Waals surface area contributed by atoms with Crippen LogP contribution in [0.25, 0.3) is 16.6 Å². The number of hydrogen-bond donors (Lipinski definition) is 2. The number of amides is 1. The Hall–Kier alpha value is -4.12. The number of aromatic amines is 1. The number of carbonyl (C=O) groups excluding carboxylic acids is 1. The van der Waals surface area contributed by atoms with E-state index >= 15 is 0 Å². The van der Waals surface area contributed by atoms with Gasteiger partial charge in [0.05, 0.1) is 36.4 Å². The maximum Gasteiger partial charge on any atom is 0.416 e. The molecule has 7 nitrogen and oxygen atoms in total. The first kappa shape index (κ1) is 24.0. The predicted octanol–water partition coefficient (Wildman–Crippen LogP) is 5.34. The molecule has 0 saturated heterocycles. The van der Waals surface area contributed by atoms with Crippen LogP contribution < -0.4 is 20.3 Å². The molecule has 0 aliphatic carbocycles. The van der Waals surface area contributed by atoms with E-state index in [0.29, 0.717) is 22.7 Å². The van der Waals surface area contributed by atoms with E-state index in [1.165, 1.54) is 49.1 Å². The second kappa shape index (κ2) is 9.26. The minimum atomic E-state index is -4.54. The molecule has 35 heavy (non-hydrogen) atoms. The van der Waals surface area contributed by atoms with Crippen molar-refractivity contribution in [1.82, 2.24) is 9.55 Å². The zero-order chi connectivity index (χ0) is 25.3. The Morgan fingerprint density at radius 3 is 2.43 bits per heavy atom. The molecule has 0 spiro atoms. The Labute approximate surface area is 201 Å². The fourth-order valence-corrected chi connectivity index (χ4v) is 3.83. The van der Waals surface area contributed by atoms with Crippen molar-refractivity contribution in [2.75, 3.05) is 19.5 Å². The highest BCUT2D eigenvalue weighted by Gasteiger charge is 2.30. The first-order valence-electron chi connectivity index (χ1n) is 10.1. The van der Waals surface area contributed by atoms with Gasteiger partial charge < -0.3 is 19.8 Å². The van der Waals surface area contributed by atoms with E-state index < -0.39 is 23.2 Å². The second-order valence-electron chi connectivity index (χ2n) is 7.40. The summed E-state index contributed by atoms with van der Waals surface area (Å²) in [4.78, 5) is 28.8. The molecule has 11 heteroatoms. The van der Waals surface area contributed by atoms with Crippen LogP contribution in [0, 0.1) is 4.77 Å². The molecule has 2 N–H and O–H groups in total. The lowest BCUT2D eigenvalue weighted by atomic mass is 10.1. The summed E-state index contributed by atoms with van der Waals surface area (Å²) in [7, 11) is 2.96. The Kier molecular flexibility index (Phi) is 6.35. The van der Waals surface area contributed by atoms with Gasteiger partial charge in [-0.05, 0) is 60.7 Å². The number of benzene rings is 3. The minimum absolute atomic E-state index is 0.0123. The summed E-state index contributed by atoms with van der Waals surface area (Å²) in [6.07, 6.45) is -4.54. The smallest absolute Gasteiger partial charge is 0.416 e. The average Bonchev–Trinajstić information content (AvgIpc) is 2.83. The third-order valence-electron chi connectivity index (χ3n) is 5.23. The maximum absolute atomic E-state index is 13.2. The number of hydrogen-bond acceptors (Lipinski definition) is 5. The van der Waals surface area contributed by atoms with E-state index in [2.05, 4.69) is 10.3 Å². The summed E-state index contributed by atoms with van der Waals surface area (Å²) >= 11 is 5.38. The molecule has 0 bridgehead atoms. The molecule has 0 saturated carbocycles. The molecule has 180 valence electrons. The summed E-state index contributed by atoms with van der Waals surface area (Å²) < 4.78 is 50.7. The lowest BCUT2D eigenvalue weighted by Gasteiger charge is -2.13. The van der Waals surface area contributed by atoms with Gasteiger partial charge in [0.1, 0.15) is 0 Å². The topological polar surface area (TPSA) is 85.4 Å². The van der Waals surface area contributed by atoms with Crippen LogP contribution in [0.2, 0.25) is 0 Å². The van der Waals surface area contributed by atoms with Gasteiger partial charge in [-0.15, -0.1) is 0 Å². The highest BCUT2D eigenvalue weighted by atomic mass is 32.1. The molecule has 0 aliphatic heterocycles. The molecule has 1 amide bonds. The first-order chi connectivity index (χ1) is 16.6. The van der Waals surface area contributed by atoms with Gasteiger partial charge in [-0.1, -0.05) is 6.07 Å². The van der Waals surface area contributed by atoms with Crippen LogP contribution in [0.4, 0.5) is 18.9 Å². The summed E-state index contributed by atoms with van der Waals surface area (Å²) in [6.45, 7) is 0. The lowest BCUT2D eigenvalue weighted by molar-refractivity contribution is -0.137. The van der Waals surface area contributed by atoms with Gasteiger partial charge in [-0.3, -0.25) is 14.2 Å². The Morgan fingerprint density at radius 2 is 1.74 bits per heavy atom. The number of alkyl halides is 3. The monoisotopic (exact) mass is 501 g/mol. The third kappa shape index (κ3) is 4.76. The van der Waals surface area contributed by atoms with Gasteiger partial charge in [-0.25, -0.2) is 0 Å². The fraction of sp³-hybridized carbons (Fsp3) is 0.125. The number of rotatable bonds is 5. The van der Waals surface area contributed by atoms with Crippen LogP contribution in [-0.4, -0.2) is 29.7 Å². The van der Waals surface area contributed by atoms with Gasteiger partial charge in [0, 0.05) is 17.3 Å². The Bertz CT molecular complexity index is 1560. The fourth-order valence-electron chi connectivity index (χ4n) is 3.53. The summed E-state index contributed by atoms with van der Waals surface area (Å²) in [5.41, 5.74) is -0.449. The van der Waals surface area contributed by atoms with Crippen molar-refractivity contribution >= 4 is 34.7 Å². The predicted molar refractivity (Wildman–Crippen MR) is 127 cm³/mol. The van der Waals surface area contributed by atoms with Gasteiger partial charge >= 0.3 is 6.18 Å². The van der Waals surface area contributed by atoms with Crippen LogP contribution in [-0.2, 0) is 6.18 Å². The highest BCUT2D eigenvalue weighted by Crippen LogP contribution is 2.31. The molecule has 4 rings (SSSR count). The highest BCUT2D eigenvalue weighted by molar-refractivity contribution is 7.71. The number of halogens is 3. The van der Waals surface area contributed by atoms with E-state index in [4.69, 9.17) is 21.7 Å². The quantitative estimate of drug-likeness (QED) is 0.361. The van der Waals surface area contributed by atoms with E-state index in [9.17, 15) is 22.8 Å². The van der Waals surface area contributed by atoms with Crippen LogP contribution in [0.3, 0.4) is 0 Å². The van der Waals surface area contributed by atoms with E-state index in [1.807, 2.05) is 0 Å². The average molecular weight is 501 g/mol. The molecule has 0 fully saturated rings.